The van der Waals surface area contributed by atoms with E-state index in [1.165, 1.54) is 6.92 Å². The Morgan fingerprint density at radius 1 is 0.926 bits per heavy atom. The van der Waals surface area contributed by atoms with Crippen LogP contribution in [0.15, 0.2) is 72.9 Å². The average Bonchev–Trinajstić information content (AvgIpc) is 2.69. The summed E-state index contributed by atoms with van der Waals surface area (Å²) in [6.07, 6.45) is 1.58. The lowest BCUT2D eigenvalue weighted by atomic mass is 10.1. The molecule has 0 spiro atoms. The van der Waals surface area contributed by atoms with E-state index in [1.807, 2.05) is 49.4 Å². The number of anilines is 2. The van der Waals surface area contributed by atoms with Crippen molar-refractivity contribution in [1.82, 2.24) is 10.3 Å². The lowest BCUT2D eigenvalue weighted by molar-refractivity contribution is 0.0934. The van der Waals surface area contributed by atoms with Crippen molar-refractivity contribution in [3.63, 3.8) is 0 Å². The molecule has 3 aromatic rings. The molecule has 1 aromatic heterocycles. The Morgan fingerprint density at radius 3 is 2.41 bits per heavy atom. The van der Waals surface area contributed by atoms with Crippen LogP contribution in [-0.4, -0.2) is 16.7 Å². The van der Waals surface area contributed by atoms with Gasteiger partial charge in [-0.3, -0.25) is 14.6 Å². The average molecular weight is 359 g/mol. The number of rotatable bonds is 6. The second-order valence-corrected chi connectivity index (χ2v) is 6.30. The number of hydrogen-bond donors (Lipinski definition) is 2. The number of pyridine rings is 1. The fourth-order valence-electron chi connectivity index (χ4n) is 2.71. The molecule has 1 amide bonds. The van der Waals surface area contributed by atoms with Gasteiger partial charge < -0.3 is 10.6 Å². The lowest BCUT2D eigenvalue weighted by Crippen LogP contribution is -2.27. The van der Waals surface area contributed by atoms with Gasteiger partial charge in [-0.25, -0.2) is 0 Å². The maximum absolute atomic E-state index is 12.5. The summed E-state index contributed by atoms with van der Waals surface area (Å²) in [5.41, 5.74) is 3.48. The molecule has 0 aliphatic carbocycles. The van der Waals surface area contributed by atoms with E-state index in [9.17, 15) is 9.59 Å². The highest BCUT2D eigenvalue weighted by Gasteiger charge is 2.13. The van der Waals surface area contributed by atoms with Crippen molar-refractivity contribution in [2.75, 3.05) is 5.32 Å². The van der Waals surface area contributed by atoms with Gasteiger partial charge in [-0.05, 0) is 43.7 Å². The third kappa shape index (κ3) is 4.79. The van der Waals surface area contributed by atoms with Gasteiger partial charge in [0, 0.05) is 23.1 Å². The highest BCUT2D eigenvalue weighted by Crippen LogP contribution is 2.19. The van der Waals surface area contributed by atoms with Gasteiger partial charge in [0.25, 0.3) is 5.91 Å². The molecule has 1 heterocycles. The molecule has 2 N–H and O–H groups in total. The molecule has 27 heavy (non-hydrogen) atoms. The van der Waals surface area contributed by atoms with Gasteiger partial charge in [-0.15, -0.1) is 0 Å². The highest BCUT2D eigenvalue weighted by molar-refractivity contribution is 5.95. The summed E-state index contributed by atoms with van der Waals surface area (Å²) in [6, 6.07) is 20.3. The van der Waals surface area contributed by atoms with Gasteiger partial charge in [0.05, 0.1) is 6.04 Å². The van der Waals surface area contributed by atoms with Crippen LogP contribution in [0.4, 0.5) is 11.4 Å². The van der Waals surface area contributed by atoms with Crippen LogP contribution in [0, 0.1) is 0 Å². The first kappa shape index (κ1) is 18.3. The number of hydrogen-bond acceptors (Lipinski definition) is 4. The standard InChI is InChI=1S/C22H21N3O2/c1-15(17-7-4-3-5-8-17)24-22(27)21-14-20(11-12-23-21)25-19-10-6-9-18(13-19)16(2)26/h3-15H,1-2H3,(H,23,25)(H,24,27). The SMILES string of the molecule is CC(=O)c1cccc(Nc2ccnc(C(=O)NC(C)c3ccccc3)c2)c1. The third-order valence-electron chi connectivity index (χ3n) is 4.20. The number of aromatic nitrogens is 1. The Kier molecular flexibility index (Phi) is 5.61. The molecule has 0 aliphatic rings. The highest BCUT2D eigenvalue weighted by atomic mass is 16.2. The van der Waals surface area contributed by atoms with Crippen molar-refractivity contribution < 1.29 is 9.59 Å². The van der Waals surface area contributed by atoms with Crippen LogP contribution in [0.2, 0.25) is 0 Å². The first-order chi connectivity index (χ1) is 13.0. The van der Waals surface area contributed by atoms with Crippen molar-refractivity contribution in [3.8, 4) is 0 Å². The molecular formula is C22H21N3O2. The van der Waals surface area contributed by atoms with E-state index in [0.717, 1.165) is 16.9 Å². The number of nitrogens with zero attached hydrogens (tertiary/aromatic N) is 1. The van der Waals surface area contributed by atoms with E-state index < -0.39 is 0 Å². The molecule has 1 unspecified atom stereocenters. The largest absolute Gasteiger partial charge is 0.355 e. The summed E-state index contributed by atoms with van der Waals surface area (Å²) in [5, 5.41) is 6.16. The van der Waals surface area contributed by atoms with Crippen LogP contribution in [0.3, 0.4) is 0 Å². The van der Waals surface area contributed by atoms with Crippen molar-refractivity contribution >= 4 is 23.1 Å². The van der Waals surface area contributed by atoms with Crippen LogP contribution >= 0.6 is 0 Å². The topological polar surface area (TPSA) is 71.1 Å². The predicted molar refractivity (Wildman–Crippen MR) is 106 cm³/mol. The Balaban J connectivity index is 1.72. The summed E-state index contributed by atoms with van der Waals surface area (Å²) in [6.45, 7) is 3.46. The van der Waals surface area contributed by atoms with Crippen LogP contribution < -0.4 is 10.6 Å². The smallest absolute Gasteiger partial charge is 0.270 e. The Bertz CT molecular complexity index is 955. The predicted octanol–water partition coefficient (Wildman–Crippen LogP) is 4.52. The van der Waals surface area contributed by atoms with Crippen molar-refractivity contribution in [3.05, 3.63) is 89.7 Å². The van der Waals surface area contributed by atoms with Gasteiger partial charge in [-0.1, -0.05) is 42.5 Å². The zero-order valence-corrected chi connectivity index (χ0v) is 15.3. The number of amides is 1. The number of Topliss-reactive ketones (excluding diaryl/α,β-unsaturated/α-hetero) is 1. The number of benzene rings is 2. The summed E-state index contributed by atoms with van der Waals surface area (Å²) in [7, 11) is 0. The second kappa shape index (κ2) is 8.27. The summed E-state index contributed by atoms with van der Waals surface area (Å²) < 4.78 is 0. The normalized spacial score (nSPS) is 11.5. The van der Waals surface area contributed by atoms with Crippen molar-refractivity contribution in [2.45, 2.75) is 19.9 Å². The molecular weight excluding hydrogens is 338 g/mol. The van der Waals surface area contributed by atoms with E-state index in [1.54, 1.807) is 30.5 Å². The minimum absolute atomic E-state index is 0.00310. The minimum atomic E-state index is -0.243. The van der Waals surface area contributed by atoms with E-state index in [2.05, 4.69) is 15.6 Å². The zero-order valence-electron chi connectivity index (χ0n) is 15.3. The second-order valence-electron chi connectivity index (χ2n) is 6.30. The van der Waals surface area contributed by atoms with Gasteiger partial charge in [0.15, 0.2) is 5.78 Å². The quantitative estimate of drug-likeness (QED) is 0.635. The molecule has 2 aromatic carbocycles. The summed E-state index contributed by atoms with van der Waals surface area (Å²) in [5.74, 6) is -0.240. The third-order valence-corrected chi connectivity index (χ3v) is 4.20. The lowest BCUT2D eigenvalue weighted by Gasteiger charge is -2.14. The van der Waals surface area contributed by atoms with E-state index >= 15 is 0 Å². The summed E-state index contributed by atoms with van der Waals surface area (Å²) in [4.78, 5) is 28.2. The number of nitrogens with one attached hydrogen (secondary N) is 2. The van der Waals surface area contributed by atoms with E-state index in [-0.39, 0.29) is 17.7 Å². The molecule has 5 nitrogen and oxygen atoms in total. The van der Waals surface area contributed by atoms with Crippen LogP contribution in [0.25, 0.3) is 0 Å². The molecule has 0 saturated heterocycles. The van der Waals surface area contributed by atoms with Crippen molar-refractivity contribution in [1.29, 1.82) is 0 Å². The maximum Gasteiger partial charge on any atom is 0.270 e. The molecule has 1 atom stereocenters. The van der Waals surface area contributed by atoms with Gasteiger partial charge in [-0.2, -0.15) is 0 Å². The van der Waals surface area contributed by atoms with E-state index in [4.69, 9.17) is 0 Å². The molecule has 0 fully saturated rings. The molecule has 3 rings (SSSR count). The monoisotopic (exact) mass is 359 g/mol. The molecule has 0 aliphatic heterocycles. The van der Waals surface area contributed by atoms with Crippen LogP contribution in [-0.2, 0) is 0 Å². The van der Waals surface area contributed by atoms with Gasteiger partial charge >= 0.3 is 0 Å². The van der Waals surface area contributed by atoms with Crippen LogP contribution in [0.1, 0.15) is 46.3 Å². The van der Waals surface area contributed by atoms with Crippen molar-refractivity contribution in [2.24, 2.45) is 0 Å². The van der Waals surface area contributed by atoms with E-state index in [0.29, 0.717) is 11.3 Å². The number of carbonyl (C=O) groups is 2. The van der Waals surface area contributed by atoms with Gasteiger partial charge in [0.2, 0.25) is 0 Å². The van der Waals surface area contributed by atoms with Crippen LogP contribution in [0.5, 0.6) is 0 Å². The molecule has 5 heteroatoms. The first-order valence-electron chi connectivity index (χ1n) is 8.73. The first-order valence-corrected chi connectivity index (χ1v) is 8.73. The van der Waals surface area contributed by atoms with Gasteiger partial charge in [0.1, 0.15) is 5.69 Å². The molecule has 0 bridgehead atoms. The fraction of sp³-hybridized carbons (Fsp3) is 0.136. The number of carbonyl (C=O) groups excluding carboxylic acids is 2. The Hall–Kier alpha value is -3.47. The molecule has 0 radical (unpaired) electrons. The fourth-order valence-corrected chi connectivity index (χ4v) is 2.71. The number of ketones is 1. The molecule has 0 saturated carbocycles. The zero-order chi connectivity index (χ0) is 19.2. The summed E-state index contributed by atoms with van der Waals surface area (Å²) >= 11 is 0. The Morgan fingerprint density at radius 2 is 1.67 bits per heavy atom. The minimum Gasteiger partial charge on any atom is -0.355 e. The maximum atomic E-state index is 12.5. The molecule has 136 valence electrons. The Labute approximate surface area is 158 Å².